The maximum absolute atomic E-state index is 12.6. The van der Waals surface area contributed by atoms with Crippen molar-refractivity contribution in [3.05, 3.63) is 12.2 Å². The van der Waals surface area contributed by atoms with E-state index in [9.17, 15) is 9.59 Å². The van der Waals surface area contributed by atoms with Gasteiger partial charge in [0.1, 0.15) is 0 Å². The summed E-state index contributed by atoms with van der Waals surface area (Å²) in [7, 11) is 0. The topological polar surface area (TPSA) is 49.4 Å². The van der Waals surface area contributed by atoms with Gasteiger partial charge in [0, 0.05) is 11.6 Å². The van der Waals surface area contributed by atoms with Crippen molar-refractivity contribution >= 4 is 11.8 Å². The third-order valence-electron chi connectivity index (χ3n) is 5.82. The Morgan fingerprint density at radius 3 is 2.30 bits per heavy atom. The van der Waals surface area contributed by atoms with E-state index in [0.717, 1.165) is 32.2 Å². The van der Waals surface area contributed by atoms with Gasteiger partial charge in [-0.3, -0.25) is 14.5 Å². The summed E-state index contributed by atoms with van der Waals surface area (Å²) in [6.45, 7) is 0.940. The molecule has 1 saturated carbocycles. The average molecular weight is 274 g/mol. The van der Waals surface area contributed by atoms with Crippen LogP contribution in [0.15, 0.2) is 12.2 Å². The minimum absolute atomic E-state index is 0.0697. The maximum atomic E-state index is 12.6. The number of likely N-dealkylation sites (tertiary alicyclic amines) is 1. The van der Waals surface area contributed by atoms with Crippen LogP contribution >= 0.6 is 0 Å². The van der Waals surface area contributed by atoms with Crippen LogP contribution in [0.5, 0.6) is 0 Å². The van der Waals surface area contributed by atoms with E-state index in [1.807, 2.05) is 0 Å². The van der Waals surface area contributed by atoms with Gasteiger partial charge in [-0.1, -0.05) is 12.2 Å². The molecule has 0 aromatic carbocycles. The Labute approximate surface area is 119 Å². The average Bonchev–Trinajstić information content (AvgIpc) is 2.70. The summed E-state index contributed by atoms with van der Waals surface area (Å²) in [5, 5.41) is 3.62. The van der Waals surface area contributed by atoms with Crippen LogP contribution in [0.4, 0.5) is 0 Å². The van der Waals surface area contributed by atoms with Gasteiger partial charge in [-0.05, 0) is 51.5 Å². The van der Waals surface area contributed by atoms with Gasteiger partial charge >= 0.3 is 0 Å². The lowest BCUT2D eigenvalue weighted by molar-refractivity contribution is -0.144. The summed E-state index contributed by atoms with van der Waals surface area (Å²) in [6.07, 6.45) is 11.2. The molecule has 1 N–H and O–H groups in total. The van der Waals surface area contributed by atoms with Crippen LogP contribution in [0.2, 0.25) is 0 Å². The number of allylic oxidation sites excluding steroid dienone is 2. The standard InChI is InChI=1S/C16H22N2O2/c19-14-12-4-1-2-5-13(12)15(20)18(14)11-6-9-17-16(10-11)7-3-8-16/h1-2,11-13,17H,3-10H2/t11?,12-,13+. The summed E-state index contributed by atoms with van der Waals surface area (Å²) in [6, 6.07) is 0.141. The van der Waals surface area contributed by atoms with E-state index in [-0.39, 0.29) is 35.2 Å². The fourth-order valence-electron chi connectivity index (χ4n) is 4.52. The number of carbonyl (C=O) groups excluding carboxylic acids is 2. The van der Waals surface area contributed by atoms with E-state index in [1.54, 1.807) is 4.90 Å². The number of hydrogen-bond donors (Lipinski definition) is 1. The molecule has 4 heteroatoms. The smallest absolute Gasteiger partial charge is 0.233 e. The van der Waals surface area contributed by atoms with Gasteiger partial charge in [0.2, 0.25) is 11.8 Å². The van der Waals surface area contributed by atoms with Gasteiger partial charge < -0.3 is 5.32 Å². The van der Waals surface area contributed by atoms with E-state index < -0.39 is 0 Å². The molecule has 2 heterocycles. The highest BCUT2D eigenvalue weighted by Crippen LogP contribution is 2.43. The predicted molar refractivity (Wildman–Crippen MR) is 74.8 cm³/mol. The third kappa shape index (κ3) is 1.70. The van der Waals surface area contributed by atoms with Crippen molar-refractivity contribution in [1.29, 1.82) is 0 Å². The van der Waals surface area contributed by atoms with E-state index in [0.29, 0.717) is 0 Å². The molecule has 1 spiro atoms. The normalized spacial score (nSPS) is 39.0. The summed E-state index contributed by atoms with van der Waals surface area (Å²) in [5.41, 5.74) is 0.232. The summed E-state index contributed by atoms with van der Waals surface area (Å²) in [5.74, 6) is 0.0656. The molecule has 108 valence electrons. The molecule has 1 unspecified atom stereocenters. The SMILES string of the molecule is O=C1[C@H]2CC=CC[C@H]2C(=O)N1C1CCNC2(CCC2)C1. The summed E-state index contributed by atoms with van der Waals surface area (Å²) in [4.78, 5) is 26.9. The highest BCUT2D eigenvalue weighted by atomic mass is 16.2. The minimum Gasteiger partial charge on any atom is -0.311 e. The quantitative estimate of drug-likeness (QED) is 0.584. The van der Waals surface area contributed by atoms with Crippen molar-refractivity contribution in [2.45, 2.75) is 56.5 Å². The molecule has 4 rings (SSSR count). The number of imide groups is 1. The van der Waals surface area contributed by atoms with Crippen LogP contribution in [-0.2, 0) is 9.59 Å². The molecule has 2 aliphatic heterocycles. The van der Waals surface area contributed by atoms with Crippen LogP contribution in [0, 0.1) is 11.8 Å². The molecule has 2 saturated heterocycles. The largest absolute Gasteiger partial charge is 0.311 e. The predicted octanol–water partition coefficient (Wildman–Crippen LogP) is 1.61. The zero-order chi connectivity index (χ0) is 13.7. The first kappa shape index (κ1) is 12.6. The Morgan fingerprint density at radius 1 is 1.10 bits per heavy atom. The molecule has 2 aliphatic carbocycles. The first-order valence-corrected chi connectivity index (χ1v) is 7.97. The molecule has 3 fully saturated rings. The Hall–Kier alpha value is -1.16. The Morgan fingerprint density at radius 2 is 1.75 bits per heavy atom. The second kappa shape index (κ2) is 4.42. The van der Waals surface area contributed by atoms with Crippen LogP contribution in [-0.4, -0.2) is 34.8 Å². The van der Waals surface area contributed by atoms with Gasteiger partial charge in [0.15, 0.2) is 0 Å². The van der Waals surface area contributed by atoms with Crippen molar-refractivity contribution in [3.8, 4) is 0 Å². The Bertz CT molecular complexity index is 455. The van der Waals surface area contributed by atoms with Gasteiger partial charge in [-0.15, -0.1) is 0 Å². The van der Waals surface area contributed by atoms with Crippen LogP contribution in [0.25, 0.3) is 0 Å². The van der Waals surface area contributed by atoms with Crippen LogP contribution < -0.4 is 5.32 Å². The van der Waals surface area contributed by atoms with E-state index in [2.05, 4.69) is 17.5 Å². The maximum Gasteiger partial charge on any atom is 0.233 e. The van der Waals surface area contributed by atoms with Crippen LogP contribution in [0.1, 0.15) is 44.9 Å². The lowest BCUT2D eigenvalue weighted by Crippen LogP contribution is -2.60. The van der Waals surface area contributed by atoms with E-state index in [4.69, 9.17) is 0 Å². The van der Waals surface area contributed by atoms with Crippen molar-refractivity contribution < 1.29 is 9.59 Å². The molecular formula is C16H22N2O2. The fraction of sp³-hybridized carbons (Fsp3) is 0.750. The molecule has 0 aromatic rings. The summed E-state index contributed by atoms with van der Waals surface area (Å²) < 4.78 is 0. The number of nitrogens with one attached hydrogen (secondary N) is 1. The number of rotatable bonds is 1. The van der Waals surface area contributed by atoms with Crippen molar-refractivity contribution in [2.24, 2.45) is 11.8 Å². The first-order chi connectivity index (χ1) is 9.70. The number of fused-ring (bicyclic) bond motifs is 1. The molecule has 0 radical (unpaired) electrons. The monoisotopic (exact) mass is 274 g/mol. The van der Waals surface area contributed by atoms with Gasteiger partial charge in [-0.25, -0.2) is 0 Å². The minimum atomic E-state index is -0.0697. The zero-order valence-corrected chi connectivity index (χ0v) is 11.8. The Balaban J connectivity index is 1.56. The van der Waals surface area contributed by atoms with Crippen molar-refractivity contribution in [2.75, 3.05) is 6.54 Å². The highest BCUT2D eigenvalue weighted by molar-refractivity contribution is 6.05. The van der Waals surface area contributed by atoms with Gasteiger partial charge in [-0.2, -0.15) is 0 Å². The van der Waals surface area contributed by atoms with E-state index >= 15 is 0 Å². The van der Waals surface area contributed by atoms with Crippen molar-refractivity contribution in [1.82, 2.24) is 10.2 Å². The molecule has 2 amide bonds. The number of piperidine rings is 1. The molecule has 0 bridgehead atoms. The van der Waals surface area contributed by atoms with Crippen LogP contribution in [0.3, 0.4) is 0 Å². The first-order valence-electron chi connectivity index (χ1n) is 7.97. The number of amides is 2. The number of nitrogens with zero attached hydrogens (tertiary/aromatic N) is 1. The molecule has 3 atom stereocenters. The number of carbonyl (C=O) groups is 2. The second-order valence-electron chi connectivity index (χ2n) is 6.91. The fourth-order valence-corrected chi connectivity index (χ4v) is 4.52. The van der Waals surface area contributed by atoms with Gasteiger partial charge in [0.25, 0.3) is 0 Å². The molecular weight excluding hydrogens is 252 g/mol. The third-order valence-corrected chi connectivity index (χ3v) is 5.82. The van der Waals surface area contributed by atoms with E-state index in [1.165, 1.54) is 19.3 Å². The lowest BCUT2D eigenvalue weighted by atomic mass is 9.70. The highest BCUT2D eigenvalue weighted by Gasteiger charge is 2.52. The van der Waals surface area contributed by atoms with Crippen molar-refractivity contribution in [3.63, 3.8) is 0 Å². The molecule has 4 aliphatic rings. The van der Waals surface area contributed by atoms with Gasteiger partial charge in [0.05, 0.1) is 11.8 Å². The Kier molecular flexibility index (Phi) is 2.78. The summed E-state index contributed by atoms with van der Waals surface area (Å²) >= 11 is 0. The molecule has 0 aromatic heterocycles. The zero-order valence-electron chi connectivity index (χ0n) is 11.8. The molecule has 4 nitrogen and oxygen atoms in total. The molecule has 20 heavy (non-hydrogen) atoms. The second-order valence-corrected chi connectivity index (χ2v) is 6.91. The lowest BCUT2D eigenvalue weighted by Gasteiger charge is -2.49. The number of hydrogen-bond acceptors (Lipinski definition) is 3.